The molecule has 0 unspecified atom stereocenters. The molecule has 1 rings (SSSR count). The second kappa shape index (κ2) is 5.82. The molecule has 0 aliphatic rings. The molecule has 0 aromatic heterocycles. The van der Waals surface area contributed by atoms with Crippen LogP contribution in [0, 0.1) is 5.41 Å². The molecule has 0 amide bonds. The zero-order valence-electron chi connectivity index (χ0n) is 11.0. The topological polar surface area (TPSA) is 41.8 Å². The zero-order chi connectivity index (χ0) is 12.9. The summed E-state index contributed by atoms with van der Waals surface area (Å²) in [5.74, 6) is 0. The molecule has 17 heavy (non-hydrogen) atoms. The second-order valence-corrected chi connectivity index (χ2v) is 5.15. The average molecular weight is 235 g/mol. The summed E-state index contributed by atoms with van der Waals surface area (Å²) >= 11 is 0. The standard InChI is InChI=1S/C14H21NO2/c1-11(14(2,3)4)15-17-10-13(16)12-8-6-5-7-9-12/h5-9,13,16H,10H2,1-4H3/b15-11+/t13-/m1/s1. The van der Waals surface area contributed by atoms with Crippen molar-refractivity contribution in [1.29, 1.82) is 0 Å². The van der Waals surface area contributed by atoms with Gasteiger partial charge in [0, 0.05) is 5.41 Å². The van der Waals surface area contributed by atoms with Gasteiger partial charge in [-0.25, -0.2) is 0 Å². The van der Waals surface area contributed by atoms with Crippen LogP contribution >= 0.6 is 0 Å². The van der Waals surface area contributed by atoms with E-state index in [1.54, 1.807) is 0 Å². The van der Waals surface area contributed by atoms with E-state index in [1.165, 1.54) is 0 Å². The third-order valence-corrected chi connectivity index (χ3v) is 2.70. The van der Waals surface area contributed by atoms with E-state index < -0.39 is 6.10 Å². The Morgan fingerprint density at radius 3 is 2.41 bits per heavy atom. The molecule has 0 radical (unpaired) electrons. The van der Waals surface area contributed by atoms with Crippen molar-refractivity contribution in [3.63, 3.8) is 0 Å². The van der Waals surface area contributed by atoms with Gasteiger partial charge in [-0.3, -0.25) is 0 Å². The van der Waals surface area contributed by atoms with Crippen molar-refractivity contribution in [2.45, 2.75) is 33.8 Å². The lowest BCUT2D eigenvalue weighted by atomic mass is 9.91. The number of rotatable bonds is 4. The Bertz CT molecular complexity index is 366. The Balaban J connectivity index is 2.47. The highest BCUT2D eigenvalue weighted by Crippen LogP contribution is 2.17. The highest BCUT2D eigenvalue weighted by Gasteiger charge is 2.15. The number of hydrogen-bond acceptors (Lipinski definition) is 3. The van der Waals surface area contributed by atoms with Gasteiger partial charge in [0.2, 0.25) is 0 Å². The number of aliphatic hydroxyl groups is 1. The van der Waals surface area contributed by atoms with E-state index in [4.69, 9.17) is 4.84 Å². The predicted molar refractivity (Wildman–Crippen MR) is 69.9 cm³/mol. The average Bonchev–Trinajstić information content (AvgIpc) is 2.28. The highest BCUT2D eigenvalue weighted by molar-refractivity contribution is 5.86. The van der Waals surface area contributed by atoms with Gasteiger partial charge in [0.15, 0.2) is 0 Å². The van der Waals surface area contributed by atoms with Crippen LogP contribution < -0.4 is 0 Å². The fourth-order valence-electron chi connectivity index (χ4n) is 1.11. The first kappa shape index (κ1) is 13.7. The summed E-state index contributed by atoms with van der Waals surface area (Å²) in [6, 6.07) is 9.44. The molecule has 3 nitrogen and oxygen atoms in total. The van der Waals surface area contributed by atoms with Crippen molar-refractivity contribution in [3.05, 3.63) is 35.9 Å². The Hall–Kier alpha value is -1.35. The summed E-state index contributed by atoms with van der Waals surface area (Å²) in [5, 5.41) is 13.9. The van der Waals surface area contributed by atoms with Crippen molar-refractivity contribution in [2.24, 2.45) is 10.6 Å². The SMILES string of the molecule is C/C(=N\OC[C@@H](O)c1ccccc1)C(C)(C)C. The van der Waals surface area contributed by atoms with Crippen LogP contribution in [0.2, 0.25) is 0 Å². The molecule has 0 saturated carbocycles. The van der Waals surface area contributed by atoms with Crippen LogP contribution in [0.4, 0.5) is 0 Å². The first-order chi connectivity index (χ1) is 7.91. The molecule has 0 fully saturated rings. The number of aliphatic hydroxyl groups excluding tert-OH is 1. The first-order valence-corrected chi connectivity index (χ1v) is 5.81. The largest absolute Gasteiger partial charge is 0.393 e. The van der Waals surface area contributed by atoms with Crippen LogP contribution in [-0.2, 0) is 4.84 Å². The van der Waals surface area contributed by atoms with E-state index in [-0.39, 0.29) is 12.0 Å². The maximum Gasteiger partial charge on any atom is 0.147 e. The molecule has 0 spiro atoms. The van der Waals surface area contributed by atoms with E-state index >= 15 is 0 Å². The van der Waals surface area contributed by atoms with E-state index in [0.717, 1.165) is 11.3 Å². The maximum absolute atomic E-state index is 9.84. The normalized spacial score (nSPS) is 14.5. The number of nitrogens with zero attached hydrogens (tertiary/aromatic N) is 1. The van der Waals surface area contributed by atoms with E-state index in [1.807, 2.05) is 37.3 Å². The van der Waals surface area contributed by atoms with E-state index in [0.29, 0.717) is 0 Å². The summed E-state index contributed by atoms with van der Waals surface area (Å²) in [6.45, 7) is 8.32. The molecular formula is C14H21NO2. The van der Waals surface area contributed by atoms with Gasteiger partial charge in [0.1, 0.15) is 12.7 Å². The van der Waals surface area contributed by atoms with E-state index in [2.05, 4.69) is 25.9 Å². The molecule has 0 aliphatic carbocycles. The van der Waals surface area contributed by atoms with Crippen LogP contribution in [-0.4, -0.2) is 17.4 Å². The minimum atomic E-state index is -0.632. The third kappa shape index (κ3) is 4.57. The molecule has 1 aromatic carbocycles. The summed E-state index contributed by atoms with van der Waals surface area (Å²) in [4.78, 5) is 5.18. The van der Waals surface area contributed by atoms with Crippen LogP contribution in [0.5, 0.6) is 0 Å². The van der Waals surface area contributed by atoms with Gasteiger partial charge in [-0.1, -0.05) is 56.3 Å². The molecule has 0 aliphatic heterocycles. The number of benzene rings is 1. The van der Waals surface area contributed by atoms with Gasteiger partial charge in [-0.2, -0.15) is 0 Å². The van der Waals surface area contributed by atoms with Crippen LogP contribution in [0.3, 0.4) is 0 Å². The monoisotopic (exact) mass is 235 g/mol. The van der Waals surface area contributed by atoms with Gasteiger partial charge in [0.25, 0.3) is 0 Å². The molecule has 94 valence electrons. The van der Waals surface area contributed by atoms with Crippen molar-refractivity contribution in [2.75, 3.05) is 6.61 Å². The van der Waals surface area contributed by atoms with Crippen molar-refractivity contribution in [1.82, 2.24) is 0 Å². The maximum atomic E-state index is 9.84. The lowest BCUT2D eigenvalue weighted by Gasteiger charge is -2.17. The fourth-order valence-corrected chi connectivity index (χ4v) is 1.11. The van der Waals surface area contributed by atoms with Gasteiger partial charge in [-0.05, 0) is 12.5 Å². The summed E-state index contributed by atoms with van der Waals surface area (Å²) in [7, 11) is 0. The van der Waals surface area contributed by atoms with Gasteiger partial charge in [0.05, 0.1) is 5.71 Å². The predicted octanol–water partition coefficient (Wildman–Crippen LogP) is 3.16. The van der Waals surface area contributed by atoms with Gasteiger partial charge < -0.3 is 9.94 Å². The Morgan fingerprint density at radius 1 is 1.29 bits per heavy atom. The number of oxime groups is 1. The Labute approximate surface area is 103 Å². The molecule has 0 heterocycles. The Morgan fingerprint density at radius 2 is 1.88 bits per heavy atom. The molecule has 3 heteroatoms. The van der Waals surface area contributed by atoms with Crippen molar-refractivity contribution >= 4 is 5.71 Å². The minimum absolute atomic E-state index is 0.00228. The number of hydrogen-bond donors (Lipinski definition) is 1. The lowest BCUT2D eigenvalue weighted by molar-refractivity contribution is 0.0382. The Kier molecular flexibility index (Phi) is 4.70. The second-order valence-electron chi connectivity index (χ2n) is 5.15. The van der Waals surface area contributed by atoms with Gasteiger partial charge in [-0.15, -0.1) is 0 Å². The highest BCUT2D eigenvalue weighted by atomic mass is 16.6. The summed E-state index contributed by atoms with van der Waals surface area (Å²) in [5.41, 5.74) is 1.76. The van der Waals surface area contributed by atoms with Crippen molar-refractivity contribution in [3.8, 4) is 0 Å². The minimum Gasteiger partial charge on any atom is -0.393 e. The lowest BCUT2D eigenvalue weighted by Crippen LogP contribution is -2.17. The molecular weight excluding hydrogens is 214 g/mol. The zero-order valence-corrected chi connectivity index (χ0v) is 11.0. The van der Waals surface area contributed by atoms with Crippen LogP contribution in [0.15, 0.2) is 35.5 Å². The molecule has 0 saturated heterocycles. The van der Waals surface area contributed by atoms with E-state index in [9.17, 15) is 5.11 Å². The fraction of sp³-hybridized carbons (Fsp3) is 0.500. The summed E-state index contributed by atoms with van der Waals surface area (Å²) < 4.78 is 0. The van der Waals surface area contributed by atoms with Gasteiger partial charge >= 0.3 is 0 Å². The molecule has 1 N–H and O–H groups in total. The smallest absolute Gasteiger partial charge is 0.147 e. The quantitative estimate of drug-likeness (QED) is 0.643. The summed E-state index contributed by atoms with van der Waals surface area (Å²) in [6.07, 6.45) is -0.632. The molecule has 0 bridgehead atoms. The molecule has 1 atom stereocenters. The van der Waals surface area contributed by atoms with Crippen LogP contribution in [0.1, 0.15) is 39.4 Å². The molecule has 1 aromatic rings. The first-order valence-electron chi connectivity index (χ1n) is 5.81. The van der Waals surface area contributed by atoms with Crippen molar-refractivity contribution < 1.29 is 9.94 Å². The van der Waals surface area contributed by atoms with Crippen LogP contribution in [0.25, 0.3) is 0 Å². The third-order valence-electron chi connectivity index (χ3n) is 2.70.